The molecule has 3 nitrogen and oxygen atoms in total. The van der Waals surface area contributed by atoms with Gasteiger partial charge in [-0.2, -0.15) is 0 Å². The van der Waals surface area contributed by atoms with Gasteiger partial charge in [-0.3, -0.25) is 0 Å². The first kappa shape index (κ1) is 10.7. The van der Waals surface area contributed by atoms with Gasteiger partial charge in [0.05, 0.1) is 12.4 Å². The van der Waals surface area contributed by atoms with E-state index < -0.39 is 0 Å². The molecule has 1 aliphatic rings. The molecule has 0 aliphatic carbocycles. The first-order valence-electron chi connectivity index (χ1n) is 5.64. The zero-order valence-electron chi connectivity index (χ0n) is 8.89. The summed E-state index contributed by atoms with van der Waals surface area (Å²) in [6.45, 7) is 1.59. The van der Waals surface area contributed by atoms with Crippen LogP contribution < -0.4 is 0 Å². The molecule has 1 fully saturated rings. The van der Waals surface area contributed by atoms with Crippen LogP contribution in [0.15, 0.2) is 22.8 Å². The van der Waals surface area contributed by atoms with E-state index in [9.17, 15) is 5.11 Å². The van der Waals surface area contributed by atoms with Crippen molar-refractivity contribution < 1.29 is 14.3 Å². The number of ether oxygens (including phenoxy) is 1. The highest BCUT2D eigenvalue weighted by Gasteiger charge is 2.21. The summed E-state index contributed by atoms with van der Waals surface area (Å²) in [7, 11) is 0. The fourth-order valence-corrected chi connectivity index (χ4v) is 2.08. The van der Waals surface area contributed by atoms with E-state index in [4.69, 9.17) is 9.15 Å². The minimum atomic E-state index is -0.209. The smallest absolute Gasteiger partial charge is 0.103 e. The molecule has 0 spiro atoms. The van der Waals surface area contributed by atoms with Crippen molar-refractivity contribution in [3.8, 4) is 0 Å². The molecule has 0 bridgehead atoms. The highest BCUT2D eigenvalue weighted by molar-refractivity contribution is 4.98. The van der Waals surface area contributed by atoms with Gasteiger partial charge in [-0.05, 0) is 37.3 Å². The SMILES string of the molecule is OC(CCc1ccco1)C1CCOCC1. The molecular weight excluding hydrogens is 192 g/mol. The molecule has 1 aromatic heterocycles. The summed E-state index contributed by atoms with van der Waals surface area (Å²) in [6, 6.07) is 3.84. The van der Waals surface area contributed by atoms with E-state index in [1.165, 1.54) is 0 Å². The van der Waals surface area contributed by atoms with Gasteiger partial charge in [-0.25, -0.2) is 0 Å². The Bertz CT molecular complexity index is 262. The monoisotopic (exact) mass is 210 g/mol. The second-order valence-electron chi connectivity index (χ2n) is 4.14. The van der Waals surface area contributed by atoms with E-state index >= 15 is 0 Å². The summed E-state index contributed by atoms with van der Waals surface area (Å²) >= 11 is 0. The Labute approximate surface area is 90.0 Å². The van der Waals surface area contributed by atoms with Crippen LogP contribution in [0.1, 0.15) is 25.0 Å². The number of hydrogen-bond acceptors (Lipinski definition) is 3. The molecular formula is C12H18O3. The van der Waals surface area contributed by atoms with E-state index in [2.05, 4.69) is 0 Å². The van der Waals surface area contributed by atoms with Crippen LogP contribution in [0.3, 0.4) is 0 Å². The highest BCUT2D eigenvalue weighted by atomic mass is 16.5. The van der Waals surface area contributed by atoms with Gasteiger partial charge in [0.15, 0.2) is 0 Å². The largest absolute Gasteiger partial charge is 0.469 e. The van der Waals surface area contributed by atoms with Crippen molar-refractivity contribution in [3.05, 3.63) is 24.2 Å². The molecule has 0 radical (unpaired) electrons. The zero-order chi connectivity index (χ0) is 10.5. The third-order valence-electron chi connectivity index (χ3n) is 3.08. The van der Waals surface area contributed by atoms with Gasteiger partial charge in [0.1, 0.15) is 5.76 Å². The number of aliphatic hydroxyl groups is 1. The van der Waals surface area contributed by atoms with Crippen molar-refractivity contribution >= 4 is 0 Å². The van der Waals surface area contributed by atoms with Gasteiger partial charge in [0.2, 0.25) is 0 Å². The predicted octanol–water partition coefficient (Wildman–Crippen LogP) is 2.00. The molecule has 3 heteroatoms. The van der Waals surface area contributed by atoms with Gasteiger partial charge >= 0.3 is 0 Å². The minimum Gasteiger partial charge on any atom is -0.469 e. The summed E-state index contributed by atoms with van der Waals surface area (Å²) in [4.78, 5) is 0. The van der Waals surface area contributed by atoms with Crippen molar-refractivity contribution in [3.63, 3.8) is 0 Å². The van der Waals surface area contributed by atoms with Gasteiger partial charge in [0, 0.05) is 19.6 Å². The molecule has 1 unspecified atom stereocenters. The van der Waals surface area contributed by atoms with Gasteiger partial charge in [-0.15, -0.1) is 0 Å². The Balaban J connectivity index is 1.74. The molecule has 84 valence electrons. The van der Waals surface area contributed by atoms with Gasteiger partial charge in [0.25, 0.3) is 0 Å². The maximum atomic E-state index is 9.98. The zero-order valence-corrected chi connectivity index (χ0v) is 8.89. The summed E-state index contributed by atoms with van der Waals surface area (Å²) in [5.74, 6) is 1.37. The number of aliphatic hydroxyl groups excluding tert-OH is 1. The normalized spacial score (nSPS) is 20.3. The fourth-order valence-electron chi connectivity index (χ4n) is 2.08. The Morgan fingerprint density at radius 2 is 2.20 bits per heavy atom. The number of aryl methyl sites for hydroxylation is 1. The summed E-state index contributed by atoms with van der Waals surface area (Å²) in [5.41, 5.74) is 0. The molecule has 0 amide bonds. The second kappa shape index (κ2) is 5.33. The highest BCUT2D eigenvalue weighted by Crippen LogP contribution is 2.21. The predicted molar refractivity (Wildman–Crippen MR) is 56.6 cm³/mol. The Kier molecular flexibility index (Phi) is 3.80. The summed E-state index contributed by atoms with van der Waals surface area (Å²) in [5, 5.41) is 9.98. The third-order valence-corrected chi connectivity index (χ3v) is 3.08. The number of hydrogen-bond donors (Lipinski definition) is 1. The Hall–Kier alpha value is -0.800. The van der Waals surface area contributed by atoms with Crippen molar-refractivity contribution in [2.24, 2.45) is 5.92 Å². The Morgan fingerprint density at radius 3 is 2.87 bits per heavy atom. The van der Waals surface area contributed by atoms with Crippen molar-refractivity contribution in [2.45, 2.75) is 31.8 Å². The maximum absolute atomic E-state index is 9.98. The first-order valence-corrected chi connectivity index (χ1v) is 5.64. The van der Waals surface area contributed by atoms with E-state index in [1.807, 2.05) is 12.1 Å². The second-order valence-corrected chi connectivity index (χ2v) is 4.14. The standard InChI is InChI=1S/C12H18O3/c13-12(10-5-8-14-9-6-10)4-3-11-2-1-7-15-11/h1-2,7,10,12-13H,3-6,8-9H2. The molecule has 2 heterocycles. The molecule has 0 saturated carbocycles. The lowest BCUT2D eigenvalue weighted by atomic mass is 9.91. The van der Waals surface area contributed by atoms with Gasteiger partial charge < -0.3 is 14.3 Å². The first-order chi connectivity index (χ1) is 7.36. The quantitative estimate of drug-likeness (QED) is 0.826. The summed E-state index contributed by atoms with van der Waals surface area (Å²) in [6.07, 6.45) is 5.05. The van der Waals surface area contributed by atoms with Crippen LogP contribution in [0.4, 0.5) is 0 Å². The average Bonchev–Trinajstić information content (AvgIpc) is 2.80. The van der Waals surface area contributed by atoms with E-state index in [1.54, 1.807) is 6.26 Å². The molecule has 1 aliphatic heterocycles. The third kappa shape index (κ3) is 3.08. The van der Waals surface area contributed by atoms with Gasteiger partial charge in [-0.1, -0.05) is 0 Å². The Morgan fingerprint density at radius 1 is 1.40 bits per heavy atom. The van der Waals surface area contributed by atoms with Crippen molar-refractivity contribution in [1.29, 1.82) is 0 Å². The number of furan rings is 1. The van der Waals surface area contributed by atoms with E-state index in [0.717, 1.165) is 44.7 Å². The molecule has 1 saturated heterocycles. The van der Waals surface area contributed by atoms with Crippen molar-refractivity contribution in [1.82, 2.24) is 0 Å². The van der Waals surface area contributed by atoms with Crippen LogP contribution in [0, 0.1) is 5.92 Å². The van der Waals surface area contributed by atoms with Crippen LogP contribution in [0.2, 0.25) is 0 Å². The average molecular weight is 210 g/mol. The van der Waals surface area contributed by atoms with Crippen LogP contribution in [0.5, 0.6) is 0 Å². The lowest BCUT2D eigenvalue weighted by Gasteiger charge is -2.26. The molecule has 0 aromatic carbocycles. The topological polar surface area (TPSA) is 42.6 Å². The molecule has 2 rings (SSSR count). The number of rotatable bonds is 4. The minimum absolute atomic E-state index is 0.209. The maximum Gasteiger partial charge on any atom is 0.103 e. The molecule has 1 atom stereocenters. The molecule has 1 aromatic rings. The lowest BCUT2D eigenvalue weighted by molar-refractivity contribution is 0.00473. The molecule has 15 heavy (non-hydrogen) atoms. The molecule has 1 N–H and O–H groups in total. The van der Waals surface area contributed by atoms with Crippen LogP contribution in [0.25, 0.3) is 0 Å². The fraction of sp³-hybridized carbons (Fsp3) is 0.667. The van der Waals surface area contributed by atoms with Crippen LogP contribution >= 0.6 is 0 Å². The van der Waals surface area contributed by atoms with E-state index in [-0.39, 0.29) is 6.10 Å². The van der Waals surface area contributed by atoms with Crippen LogP contribution in [-0.4, -0.2) is 24.4 Å². The van der Waals surface area contributed by atoms with Crippen LogP contribution in [-0.2, 0) is 11.2 Å². The lowest BCUT2D eigenvalue weighted by Crippen LogP contribution is -2.27. The van der Waals surface area contributed by atoms with Crippen molar-refractivity contribution in [2.75, 3.05) is 13.2 Å². The van der Waals surface area contributed by atoms with E-state index in [0.29, 0.717) is 5.92 Å². The summed E-state index contributed by atoms with van der Waals surface area (Å²) < 4.78 is 10.5.